The van der Waals surface area contributed by atoms with Crippen molar-refractivity contribution >= 4 is 34.7 Å². The summed E-state index contributed by atoms with van der Waals surface area (Å²) in [6, 6.07) is 46.2. The van der Waals surface area contributed by atoms with Crippen LogP contribution in [0.2, 0.25) is 0 Å². The standard InChI is InChI=1S/C33H29N3/c1-26-13-19-32(20-14-26)36(33-21-15-27(2)16-22-33)34-25-28-17-23-31(24-18-28)35(29-9-5-3-6-10-29)30-11-7-4-8-12-30/h3-25H,1-2H3. The molecule has 5 aromatic rings. The summed E-state index contributed by atoms with van der Waals surface area (Å²) in [7, 11) is 0. The average molecular weight is 468 g/mol. The summed E-state index contributed by atoms with van der Waals surface area (Å²) in [5.41, 5.74) is 8.87. The molecule has 3 heteroatoms. The number of aryl methyl sites for hydroxylation is 2. The fourth-order valence-corrected chi connectivity index (χ4v) is 4.09. The Hall–Kier alpha value is -4.63. The minimum atomic E-state index is 1.02. The highest BCUT2D eigenvalue weighted by atomic mass is 15.5. The molecule has 0 amide bonds. The van der Waals surface area contributed by atoms with E-state index in [9.17, 15) is 0 Å². The van der Waals surface area contributed by atoms with Crippen molar-refractivity contribution in [1.29, 1.82) is 0 Å². The average Bonchev–Trinajstić information content (AvgIpc) is 2.93. The van der Waals surface area contributed by atoms with Gasteiger partial charge in [-0.1, -0.05) is 83.9 Å². The molecule has 0 unspecified atom stereocenters. The van der Waals surface area contributed by atoms with Crippen LogP contribution in [0.4, 0.5) is 28.4 Å². The summed E-state index contributed by atoms with van der Waals surface area (Å²) in [6.07, 6.45) is 1.92. The van der Waals surface area contributed by atoms with Crippen LogP contribution in [0.5, 0.6) is 0 Å². The van der Waals surface area contributed by atoms with Gasteiger partial charge < -0.3 is 4.90 Å². The Labute approximate surface area is 213 Å². The predicted octanol–water partition coefficient (Wildman–Crippen LogP) is 8.95. The Morgan fingerprint density at radius 1 is 0.444 bits per heavy atom. The molecular formula is C33H29N3. The van der Waals surface area contributed by atoms with Crippen LogP contribution in [0.1, 0.15) is 16.7 Å². The lowest BCUT2D eigenvalue weighted by Gasteiger charge is -2.25. The van der Waals surface area contributed by atoms with E-state index in [1.807, 2.05) is 23.4 Å². The highest BCUT2D eigenvalue weighted by Crippen LogP contribution is 2.34. The normalized spacial score (nSPS) is 10.9. The van der Waals surface area contributed by atoms with Gasteiger partial charge in [-0.2, -0.15) is 5.10 Å². The number of hydrazone groups is 1. The molecule has 0 aliphatic heterocycles. The number of para-hydroxylation sites is 2. The quantitative estimate of drug-likeness (QED) is 0.176. The molecule has 0 saturated carbocycles. The van der Waals surface area contributed by atoms with E-state index >= 15 is 0 Å². The first-order valence-corrected chi connectivity index (χ1v) is 12.2. The van der Waals surface area contributed by atoms with Gasteiger partial charge in [0.05, 0.1) is 17.6 Å². The van der Waals surface area contributed by atoms with Crippen molar-refractivity contribution in [2.24, 2.45) is 5.10 Å². The van der Waals surface area contributed by atoms with E-state index in [0.29, 0.717) is 0 Å². The minimum absolute atomic E-state index is 1.02. The summed E-state index contributed by atoms with van der Waals surface area (Å²) in [4.78, 5) is 2.26. The zero-order valence-electron chi connectivity index (χ0n) is 20.6. The fourth-order valence-electron chi connectivity index (χ4n) is 4.09. The van der Waals surface area contributed by atoms with Crippen molar-refractivity contribution in [2.45, 2.75) is 13.8 Å². The Balaban J connectivity index is 1.45. The third kappa shape index (κ3) is 5.37. The molecule has 0 atom stereocenters. The van der Waals surface area contributed by atoms with Crippen molar-refractivity contribution in [2.75, 3.05) is 9.91 Å². The van der Waals surface area contributed by atoms with E-state index in [1.54, 1.807) is 0 Å². The van der Waals surface area contributed by atoms with Gasteiger partial charge in [-0.05, 0) is 80.1 Å². The molecule has 0 spiro atoms. The number of benzene rings is 5. The summed E-state index contributed by atoms with van der Waals surface area (Å²) in [5, 5.41) is 6.86. The lowest BCUT2D eigenvalue weighted by molar-refractivity contribution is 1.09. The first-order chi connectivity index (χ1) is 17.7. The minimum Gasteiger partial charge on any atom is -0.311 e. The number of anilines is 5. The zero-order chi connectivity index (χ0) is 24.7. The van der Waals surface area contributed by atoms with E-state index < -0.39 is 0 Å². The summed E-state index contributed by atoms with van der Waals surface area (Å²) in [5.74, 6) is 0. The molecule has 0 N–H and O–H groups in total. The van der Waals surface area contributed by atoms with Gasteiger partial charge in [0.15, 0.2) is 0 Å². The zero-order valence-corrected chi connectivity index (χ0v) is 20.6. The molecule has 0 heterocycles. The summed E-state index contributed by atoms with van der Waals surface area (Å²) in [6.45, 7) is 4.19. The SMILES string of the molecule is Cc1ccc(N(N=Cc2ccc(N(c3ccccc3)c3ccccc3)cc2)c2ccc(C)cc2)cc1. The molecule has 176 valence electrons. The van der Waals surface area contributed by atoms with E-state index in [0.717, 1.165) is 34.0 Å². The molecular weight excluding hydrogens is 438 g/mol. The summed E-state index contributed by atoms with van der Waals surface area (Å²) < 4.78 is 0. The number of nitrogens with zero attached hydrogens (tertiary/aromatic N) is 3. The van der Waals surface area contributed by atoms with Crippen LogP contribution >= 0.6 is 0 Å². The van der Waals surface area contributed by atoms with Gasteiger partial charge in [0.1, 0.15) is 0 Å². The van der Waals surface area contributed by atoms with Gasteiger partial charge in [0, 0.05) is 17.1 Å². The molecule has 0 aromatic heterocycles. The van der Waals surface area contributed by atoms with Crippen LogP contribution in [-0.2, 0) is 0 Å². The highest BCUT2D eigenvalue weighted by molar-refractivity contribution is 5.84. The smallest absolute Gasteiger partial charge is 0.0652 e. The van der Waals surface area contributed by atoms with Crippen LogP contribution in [0.15, 0.2) is 139 Å². The fraction of sp³-hybridized carbons (Fsp3) is 0.0606. The van der Waals surface area contributed by atoms with Crippen molar-refractivity contribution in [3.8, 4) is 0 Å². The van der Waals surface area contributed by atoms with E-state index in [-0.39, 0.29) is 0 Å². The van der Waals surface area contributed by atoms with Crippen LogP contribution in [0, 0.1) is 13.8 Å². The van der Waals surface area contributed by atoms with Crippen LogP contribution in [0.25, 0.3) is 0 Å². The first-order valence-electron chi connectivity index (χ1n) is 12.2. The first kappa shape index (κ1) is 23.1. The molecule has 3 nitrogen and oxygen atoms in total. The third-order valence-electron chi connectivity index (χ3n) is 6.06. The molecule has 0 saturated heterocycles. The van der Waals surface area contributed by atoms with E-state index in [1.165, 1.54) is 11.1 Å². The second-order valence-electron chi connectivity index (χ2n) is 8.83. The van der Waals surface area contributed by atoms with Crippen LogP contribution in [-0.4, -0.2) is 6.21 Å². The lowest BCUT2D eigenvalue weighted by Crippen LogP contribution is -2.10. The molecule has 5 aromatic carbocycles. The third-order valence-corrected chi connectivity index (χ3v) is 6.06. The van der Waals surface area contributed by atoms with Gasteiger partial charge >= 0.3 is 0 Å². The highest BCUT2D eigenvalue weighted by Gasteiger charge is 2.12. The van der Waals surface area contributed by atoms with Gasteiger partial charge in [-0.15, -0.1) is 0 Å². The lowest BCUT2D eigenvalue weighted by atomic mass is 10.1. The predicted molar refractivity (Wildman–Crippen MR) is 153 cm³/mol. The van der Waals surface area contributed by atoms with Crippen molar-refractivity contribution < 1.29 is 0 Å². The van der Waals surface area contributed by atoms with Gasteiger partial charge in [-0.25, -0.2) is 5.01 Å². The molecule has 36 heavy (non-hydrogen) atoms. The van der Waals surface area contributed by atoms with Gasteiger partial charge in [0.2, 0.25) is 0 Å². The molecule has 0 bridgehead atoms. The van der Waals surface area contributed by atoms with Crippen LogP contribution in [0.3, 0.4) is 0 Å². The molecule has 0 aliphatic carbocycles. The van der Waals surface area contributed by atoms with Gasteiger partial charge in [-0.3, -0.25) is 0 Å². The van der Waals surface area contributed by atoms with Crippen molar-refractivity contribution in [1.82, 2.24) is 0 Å². The second kappa shape index (κ2) is 10.7. The maximum atomic E-state index is 4.88. The number of hydrogen-bond donors (Lipinski definition) is 0. The number of rotatable bonds is 7. The number of hydrogen-bond acceptors (Lipinski definition) is 3. The Morgan fingerprint density at radius 2 is 0.833 bits per heavy atom. The Morgan fingerprint density at radius 3 is 1.28 bits per heavy atom. The van der Waals surface area contributed by atoms with Crippen molar-refractivity contribution in [3.63, 3.8) is 0 Å². The Bertz CT molecular complexity index is 1320. The molecule has 0 fully saturated rings. The topological polar surface area (TPSA) is 18.8 Å². The van der Waals surface area contributed by atoms with Crippen LogP contribution < -0.4 is 9.91 Å². The second-order valence-corrected chi connectivity index (χ2v) is 8.83. The van der Waals surface area contributed by atoms with Gasteiger partial charge in [0.25, 0.3) is 0 Å². The largest absolute Gasteiger partial charge is 0.311 e. The van der Waals surface area contributed by atoms with E-state index in [4.69, 9.17) is 5.10 Å². The Kier molecular flexibility index (Phi) is 6.90. The maximum Gasteiger partial charge on any atom is 0.0652 e. The van der Waals surface area contributed by atoms with E-state index in [2.05, 4.69) is 140 Å². The van der Waals surface area contributed by atoms with Crippen molar-refractivity contribution in [3.05, 3.63) is 150 Å². The maximum absolute atomic E-state index is 4.88. The monoisotopic (exact) mass is 467 g/mol. The molecule has 0 radical (unpaired) electrons. The summed E-state index contributed by atoms with van der Waals surface area (Å²) >= 11 is 0. The molecule has 5 rings (SSSR count). The molecule has 0 aliphatic rings.